The van der Waals surface area contributed by atoms with Crippen molar-refractivity contribution >= 4 is 25.6 Å². The summed E-state index contributed by atoms with van der Waals surface area (Å²) in [6.07, 6.45) is 0. The van der Waals surface area contributed by atoms with Gasteiger partial charge >= 0.3 is 154 Å². The molecule has 0 radical (unpaired) electrons. The van der Waals surface area contributed by atoms with Gasteiger partial charge in [0.15, 0.2) is 0 Å². The van der Waals surface area contributed by atoms with Crippen LogP contribution in [0.3, 0.4) is 0 Å². The van der Waals surface area contributed by atoms with Gasteiger partial charge in [0.05, 0.1) is 0 Å². The van der Waals surface area contributed by atoms with Gasteiger partial charge in [0, 0.05) is 0 Å². The number of hydrogen-bond donors (Lipinski definition) is 0. The van der Waals surface area contributed by atoms with Crippen molar-refractivity contribution in [3.63, 3.8) is 0 Å². The molecule has 0 spiro atoms. The van der Waals surface area contributed by atoms with Crippen LogP contribution in [0.25, 0.3) is 22.3 Å². The Morgan fingerprint density at radius 1 is 0.520 bits per heavy atom. The topological polar surface area (TPSA) is 0 Å². The van der Waals surface area contributed by atoms with Crippen LogP contribution in [0, 0.1) is 0 Å². The monoisotopic (exact) mass is 384 g/mol. The molecule has 5 rings (SSSR count). The summed E-state index contributed by atoms with van der Waals surface area (Å²) in [7, 11) is 0. The van der Waals surface area contributed by atoms with Crippen molar-refractivity contribution in [2.45, 2.75) is 0 Å². The molecule has 0 aliphatic heterocycles. The van der Waals surface area contributed by atoms with Crippen molar-refractivity contribution in [3.05, 3.63) is 117 Å². The van der Waals surface area contributed by atoms with E-state index in [2.05, 4.69) is 95.9 Å². The zero-order valence-electron chi connectivity index (χ0n) is 13.6. The maximum atomic E-state index is 2.30. The van der Waals surface area contributed by atoms with Gasteiger partial charge in [-0.25, -0.2) is 0 Å². The fraction of sp³-hybridized carbons (Fsp3) is 0. The van der Waals surface area contributed by atoms with E-state index in [0.29, 0.717) is 14.5 Å². The second-order valence-corrected chi connectivity index (χ2v) is 8.17. The van der Waals surface area contributed by atoms with Crippen molar-refractivity contribution in [1.82, 2.24) is 0 Å². The minimum absolute atomic E-state index is 0.394. The van der Waals surface area contributed by atoms with Crippen LogP contribution in [0.4, 0.5) is 0 Å². The van der Waals surface area contributed by atoms with Crippen LogP contribution < -0.4 is 0 Å². The van der Waals surface area contributed by atoms with E-state index >= 15 is 0 Å². The third-order valence-corrected chi connectivity index (χ3v) is 6.62. The first-order valence-electron chi connectivity index (χ1n) is 8.46. The van der Waals surface area contributed by atoms with Gasteiger partial charge in [0.1, 0.15) is 0 Å². The summed E-state index contributed by atoms with van der Waals surface area (Å²) in [5.41, 5.74) is 9.48. The zero-order valence-corrected chi connectivity index (χ0v) is 15.4. The van der Waals surface area contributed by atoms with Crippen LogP contribution in [-0.2, 0) is 0 Å². The molecule has 0 N–H and O–H groups in total. The molecular formula is C24H16Se. The van der Waals surface area contributed by atoms with Gasteiger partial charge in [0.2, 0.25) is 0 Å². The first-order valence-corrected chi connectivity index (χ1v) is 10.3. The van der Waals surface area contributed by atoms with E-state index < -0.39 is 0 Å². The van der Waals surface area contributed by atoms with E-state index in [1.807, 2.05) is 0 Å². The average Bonchev–Trinajstić information content (AvgIpc) is 3.31. The fourth-order valence-electron chi connectivity index (χ4n) is 3.72. The van der Waals surface area contributed by atoms with Crippen molar-refractivity contribution in [2.75, 3.05) is 0 Å². The summed E-state index contributed by atoms with van der Waals surface area (Å²) in [6, 6.07) is 32.9. The molecule has 0 bridgehead atoms. The Bertz CT molecular complexity index is 1020. The molecule has 0 saturated carbocycles. The minimum atomic E-state index is 0.394. The van der Waals surface area contributed by atoms with Gasteiger partial charge in [-0.1, -0.05) is 0 Å². The first-order chi connectivity index (χ1) is 12.4. The van der Waals surface area contributed by atoms with Gasteiger partial charge < -0.3 is 0 Å². The fourth-order valence-corrected chi connectivity index (χ4v) is 5.40. The molecule has 3 aromatic carbocycles. The molecule has 25 heavy (non-hydrogen) atoms. The van der Waals surface area contributed by atoms with Gasteiger partial charge in [0.25, 0.3) is 0 Å². The summed E-state index contributed by atoms with van der Waals surface area (Å²) in [4.78, 5) is 2.30. The van der Waals surface area contributed by atoms with Crippen molar-refractivity contribution < 1.29 is 0 Å². The van der Waals surface area contributed by atoms with Gasteiger partial charge in [-0.15, -0.1) is 0 Å². The van der Waals surface area contributed by atoms with E-state index in [1.165, 1.54) is 43.4 Å². The van der Waals surface area contributed by atoms with E-state index in [-0.39, 0.29) is 0 Å². The quantitative estimate of drug-likeness (QED) is 0.342. The normalized spacial score (nSPS) is 11.9. The number of hydrogen-bond acceptors (Lipinski definition) is 0. The SMILES string of the molecule is c1ccc(C(=C2c3ccccc3-c3ccccc32)c2ccc[se]2)cc1. The Hall–Kier alpha value is -2.60. The third kappa shape index (κ3) is 2.36. The molecule has 1 aliphatic rings. The summed E-state index contributed by atoms with van der Waals surface area (Å²) >= 11 is 0.394. The van der Waals surface area contributed by atoms with Crippen molar-refractivity contribution in [3.8, 4) is 11.1 Å². The molecule has 1 aromatic heterocycles. The molecule has 0 atom stereocenters. The van der Waals surface area contributed by atoms with Crippen LogP contribution in [0.2, 0.25) is 0 Å². The summed E-state index contributed by atoms with van der Waals surface area (Å²) < 4.78 is 1.46. The Morgan fingerprint density at radius 3 is 1.64 bits per heavy atom. The zero-order chi connectivity index (χ0) is 16.6. The third-order valence-electron chi connectivity index (χ3n) is 4.76. The van der Waals surface area contributed by atoms with Gasteiger partial charge in [-0.3, -0.25) is 0 Å². The van der Waals surface area contributed by atoms with E-state index in [4.69, 9.17) is 0 Å². The van der Waals surface area contributed by atoms with Crippen LogP contribution >= 0.6 is 0 Å². The van der Waals surface area contributed by atoms with Gasteiger partial charge in [-0.05, 0) is 0 Å². The van der Waals surface area contributed by atoms with E-state index in [0.717, 1.165) is 0 Å². The van der Waals surface area contributed by atoms with Gasteiger partial charge in [-0.2, -0.15) is 0 Å². The Labute approximate surface area is 153 Å². The molecule has 1 aliphatic carbocycles. The molecule has 1 heterocycles. The van der Waals surface area contributed by atoms with Crippen molar-refractivity contribution in [1.29, 1.82) is 0 Å². The van der Waals surface area contributed by atoms with E-state index in [1.54, 1.807) is 0 Å². The first kappa shape index (κ1) is 14.7. The molecule has 0 nitrogen and oxygen atoms in total. The summed E-state index contributed by atoms with van der Waals surface area (Å²) in [6.45, 7) is 0. The van der Waals surface area contributed by atoms with Crippen LogP contribution in [0.15, 0.2) is 95.9 Å². The molecule has 0 fully saturated rings. The van der Waals surface area contributed by atoms with Crippen LogP contribution in [-0.4, -0.2) is 14.5 Å². The Kier molecular flexibility index (Phi) is 3.56. The summed E-state index contributed by atoms with van der Waals surface area (Å²) in [5.74, 6) is 0. The predicted octanol–water partition coefficient (Wildman–Crippen LogP) is 5.73. The molecular weight excluding hydrogens is 367 g/mol. The molecule has 118 valence electrons. The molecule has 1 heteroatoms. The molecule has 0 amide bonds. The molecule has 4 aromatic rings. The van der Waals surface area contributed by atoms with E-state index in [9.17, 15) is 0 Å². The van der Waals surface area contributed by atoms with Crippen LogP contribution in [0.1, 0.15) is 21.1 Å². The number of rotatable bonds is 2. The second-order valence-electron chi connectivity index (χ2n) is 6.18. The standard InChI is InChI=1S/C24H16Se/c1-2-9-17(10-3-1)23(22-15-8-16-25-22)24-20-13-6-4-11-18(20)19-12-5-7-14-21(19)24/h1-16H. The molecule has 0 unspecified atom stereocenters. The Balaban J connectivity index is 1.93. The number of benzene rings is 3. The maximum absolute atomic E-state index is 2.30. The number of fused-ring (bicyclic) bond motifs is 3. The average molecular weight is 383 g/mol. The second kappa shape index (κ2) is 6.04. The molecule has 0 saturated heterocycles. The van der Waals surface area contributed by atoms with Crippen LogP contribution in [0.5, 0.6) is 0 Å². The van der Waals surface area contributed by atoms with Crippen molar-refractivity contribution in [2.24, 2.45) is 0 Å². The Morgan fingerprint density at radius 2 is 1.08 bits per heavy atom. The predicted molar refractivity (Wildman–Crippen MR) is 107 cm³/mol. The summed E-state index contributed by atoms with van der Waals surface area (Å²) in [5, 5.41) is 0.